The third-order valence-corrected chi connectivity index (χ3v) is 4.15. The normalized spacial score (nSPS) is 20.9. The number of carbonyl (C=O) groups excluding carboxylic acids is 1. The van der Waals surface area contributed by atoms with E-state index in [2.05, 4.69) is 10.3 Å². The van der Waals surface area contributed by atoms with Crippen LogP contribution in [0.2, 0.25) is 0 Å². The number of nitrogens with one attached hydrogen (secondary N) is 2. The molecule has 0 saturated heterocycles. The summed E-state index contributed by atoms with van der Waals surface area (Å²) in [6, 6.07) is 0. The largest absolute Gasteiger partial charge is 0.477 e. The van der Waals surface area contributed by atoms with Crippen LogP contribution in [0.4, 0.5) is 11.4 Å². The number of hydrogen-bond donors (Lipinski definition) is 3. The molecule has 1 saturated carbocycles. The molecule has 2 heterocycles. The van der Waals surface area contributed by atoms with Gasteiger partial charge in [0.2, 0.25) is 5.91 Å². The number of aromatic nitrogens is 1. The molecule has 1 amide bonds. The second-order valence-electron chi connectivity index (χ2n) is 4.98. The average molecular weight is 249 g/mol. The standard InChI is InChI=1S/C12H15N3O3/c1-15-9-7(6-13-8(9)10(16)17)14-11(18)12(15)4-2-3-5-12/h6,13H,2-5H2,1H3,(H,14,18)(H,16,17). The third kappa shape index (κ3) is 1.23. The van der Waals surface area contributed by atoms with E-state index in [1.807, 2.05) is 11.9 Å². The van der Waals surface area contributed by atoms with E-state index < -0.39 is 11.5 Å². The molecule has 3 rings (SSSR count). The lowest BCUT2D eigenvalue weighted by Crippen LogP contribution is -2.56. The second-order valence-corrected chi connectivity index (χ2v) is 4.98. The highest BCUT2D eigenvalue weighted by Crippen LogP contribution is 2.45. The Bertz CT molecular complexity index is 529. The Labute approximate surface area is 104 Å². The summed E-state index contributed by atoms with van der Waals surface area (Å²) in [5, 5.41) is 12.0. The number of aromatic amines is 1. The molecule has 0 radical (unpaired) electrons. The van der Waals surface area contributed by atoms with Crippen LogP contribution in [0.1, 0.15) is 36.2 Å². The zero-order valence-electron chi connectivity index (χ0n) is 10.1. The maximum atomic E-state index is 12.3. The van der Waals surface area contributed by atoms with E-state index in [9.17, 15) is 14.7 Å². The number of carboxylic acid groups (broad SMARTS) is 1. The van der Waals surface area contributed by atoms with E-state index in [0.717, 1.165) is 25.7 Å². The van der Waals surface area contributed by atoms with Gasteiger partial charge in [-0.3, -0.25) is 4.79 Å². The summed E-state index contributed by atoms with van der Waals surface area (Å²) in [6.45, 7) is 0. The summed E-state index contributed by atoms with van der Waals surface area (Å²) < 4.78 is 0. The monoisotopic (exact) mass is 249 g/mol. The van der Waals surface area contributed by atoms with Crippen molar-refractivity contribution in [2.75, 3.05) is 17.3 Å². The predicted octanol–water partition coefficient (Wildman–Crippen LogP) is 1.41. The van der Waals surface area contributed by atoms with Gasteiger partial charge >= 0.3 is 5.97 Å². The fourth-order valence-electron chi connectivity index (χ4n) is 3.15. The molecule has 6 nitrogen and oxygen atoms in total. The Morgan fingerprint density at radius 2 is 2.11 bits per heavy atom. The van der Waals surface area contributed by atoms with E-state index in [1.165, 1.54) is 6.20 Å². The summed E-state index contributed by atoms with van der Waals surface area (Å²) in [5.74, 6) is -1.03. The number of nitrogens with zero attached hydrogens (tertiary/aromatic N) is 1. The van der Waals surface area contributed by atoms with Gasteiger partial charge in [-0.15, -0.1) is 0 Å². The number of H-pyrrole nitrogens is 1. The van der Waals surface area contributed by atoms with E-state index >= 15 is 0 Å². The molecular formula is C12H15N3O3. The highest BCUT2D eigenvalue weighted by Gasteiger charge is 2.49. The van der Waals surface area contributed by atoms with Gasteiger partial charge in [0.1, 0.15) is 5.54 Å². The van der Waals surface area contributed by atoms with Gasteiger partial charge in [-0.25, -0.2) is 4.79 Å². The molecule has 6 heteroatoms. The van der Waals surface area contributed by atoms with E-state index in [1.54, 1.807) is 0 Å². The fourth-order valence-corrected chi connectivity index (χ4v) is 3.15. The number of amides is 1. The summed E-state index contributed by atoms with van der Waals surface area (Å²) in [5.41, 5.74) is 0.708. The lowest BCUT2D eigenvalue weighted by Gasteiger charge is -2.42. The SMILES string of the molecule is CN1c2c(c[nH]c2C(=O)O)NC(=O)C12CCCC2. The molecule has 0 bridgehead atoms. The first-order chi connectivity index (χ1) is 8.56. The molecule has 1 aromatic rings. The smallest absolute Gasteiger partial charge is 0.354 e. The molecule has 3 N–H and O–H groups in total. The summed E-state index contributed by atoms with van der Waals surface area (Å²) in [6.07, 6.45) is 5.09. The second kappa shape index (κ2) is 3.51. The molecule has 1 aliphatic carbocycles. The molecule has 0 aromatic carbocycles. The Kier molecular flexibility index (Phi) is 2.17. The molecule has 1 spiro atoms. The van der Waals surface area contributed by atoms with Crippen molar-refractivity contribution in [1.82, 2.24) is 4.98 Å². The van der Waals surface area contributed by atoms with Crippen LogP contribution < -0.4 is 10.2 Å². The predicted molar refractivity (Wildman–Crippen MR) is 66.0 cm³/mol. The van der Waals surface area contributed by atoms with Crippen LogP contribution >= 0.6 is 0 Å². The molecule has 0 atom stereocenters. The van der Waals surface area contributed by atoms with Crippen LogP contribution in [-0.4, -0.2) is 34.6 Å². The van der Waals surface area contributed by atoms with Crippen LogP contribution in [0.25, 0.3) is 0 Å². The first-order valence-electron chi connectivity index (χ1n) is 6.06. The molecular weight excluding hydrogens is 234 g/mol. The maximum absolute atomic E-state index is 12.3. The van der Waals surface area contributed by atoms with Crippen molar-refractivity contribution in [3.05, 3.63) is 11.9 Å². The van der Waals surface area contributed by atoms with Gasteiger partial charge in [-0.1, -0.05) is 12.8 Å². The molecule has 2 aliphatic rings. The van der Waals surface area contributed by atoms with Gasteiger partial charge in [0.25, 0.3) is 0 Å². The van der Waals surface area contributed by atoms with E-state index in [-0.39, 0.29) is 11.6 Å². The number of rotatable bonds is 1. The summed E-state index contributed by atoms with van der Waals surface area (Å²) >= 11 is 0. The first-order valence-corrected chi connectivity index (χ1v) is 6.06. The van der Waals surface area contributed by atoms with E-state index in [0.29, 0.717) is 11.4 Å². The van der Waals surface area contributed by atoms with Crippen molar-refractivity contribution in [1.29, 1.82) is 0 Å². The van der Waals surface area contributed by atoms with Gasteiger partial charge < -0.3 is 20.3 Å². The minimum absolute atomic E-state index is 0.0223. The van der Waals surface area contributed by atoms with Gasteiger partial charge in [0.05, 0.1) is 11.4 Å². The topological polar surface area (TPSA) is 85.4 Å². The third-order valence-electron chi connectivity index (χ3n) is 4.15. The maximum Gasteiger partial charge on any atom is 0.354 e. The van der Waals surface area contributed by atoms with Crippen molar-refractivity contribution in [2.24, 2.45) is 0 Å². The van der Waals surface area contributed by atoms with Crippen molar-refractivity contribution < 1.29 is 14.7 Å². The number of hydrogen-bond acceptors (Lipinski definition) is 3. The molecule has 1 aromatic heterocycles. The van der Waals surface area contributed by atoms with Crippen LogP contribution in [0.5, 0.6) is 0 Å². The van der Waals surface area contributed by atoms with Crippen molar-refractivity contribution in [3.8, 4) is 0 Å². The zero-order chi connectivity index (χ0) is 12.9. The number of carbonyl (C=O) groups is 2. The first kappa shape index (κ1) is 11.1. The lowest BCUT2D eigenvalue weighted by atomic mass is 9.91. The fraction of sp³-hybridized carbons (Fsp3) is 0.500. The number of aromatic carboxylic acids is 1. The van der Waals surface area contributed by atoms with Gasteiger partial charge in [-0.2, -0.15) is 0 Å². The van der Waals surface area contributed by atoms with E-state index in [4.69, 9.17) is 0 Å². The molecule has 1 fully saturated rings. The highest BCUT2D eigenvalue weighted by atomic mass is 16.4. The Hall–Kier alpha value is -1.98. The minimum atomic E-state index is -1.01. The Balaban J connectivity index is 2.13. The number of likely N-dealkylation sites (N-methyl/N-ethyl adjacent to an activating group) is 1. The summed E-state index contributed by atoms with van der Waals surface area (Å²) in [4.78, 5) is 28.0. The highest BCUT2D eigenvalue weighted by molar-refractivity contribution is 6.10. The molecule has 96 valence electrons. The van der Waals surface area contributed by atoms with Crippen molar-refractivity contribution in [3.63, 3.8) is 0 Å². The van der Waals surface area contributed by atoms with Gasteiger partial charge in [0.15, 0.2) is 5.69 Å². The van der Waals surface area contributed by atoms with Crippen LogP contribution in [0, 0.1) is 0 Å². The quantitative estimate of drug-likeness (QED) is 0.702. The Morgan fingerprint density at radius 1 is 1.44 bits per heavy atom. The van der Waals surface area contributed by atoms with Crippen molar-refractivity contribution in [2.45, 2.75) is 31.2 Å². The van der Waals surface area contributed by atoms with Crippen LogP contribution in [-0.2, 0) is 4.79 Å². The lowest BCUT2D eigenvalue weighted by molar-refractivity contribution is -0.121. The van der Waals surface area contributed by atoms with Crippen LogP contribution in [0.15, 0.2) is 6.20 Å². The molecule has 1 aliphatic heterocycles. The van der Waals surface area contributed by atoms with Crippen molar-refractivity contribution >= 4 is 23.3 Å². The minimum Gasteiger partial charge on any atom is -0.477 e. The zero-order valence-corrected chi connectivity index (χ0v) is 10.1. The summed E-state index contributed by atoms with van der Waals surface area (Å²) in [7, 11) is 1.81. The van der Waals surface area contributed by atoms with Gasteiger partial charge in [-0.05, 0) is 12.8 Å². The number of fused-ring (bicyclic) bond motifs is 1. The van der Waals surface area contributed by atoms with Gasteiger partial charge in [0, 0.05) is 13.2 Å². The average Bonchev–Trinajstić information content (AvgIpc) is 2.93. The Morgan fingerprint density at radius 3 is 2.72 bits per heavy atom. The molecule has 18 heavy (non-hydrogen) atoms. The van der Waals surface area contributed by atoms with Crippen LogP contribution in [0.3, 0.4) is 0 Å². The number of carboxylic acids is 1. The number of anilines is 2. The molecule has 0 unspecified atom stereocenters.